The Labute approximate surface area is 145 Å². The Hall–Kier alpha value is -2.37. The number of rotatable bonds is 2. The van der Waals surface area contributed by atoms with Gasteiger partial charge in [0.05, 0.1) is 10.5 Å². The number of fused-ring (bicyclic) bond motifs is 5. The molecule has 1 heterocycles. The van der Waals surface area contributed by atoms with Crippen LogP contribution in [0.4, 0.5) is 4.39 Å². The summed E-state index contributed by atoms with van der Waals surface area (Å²) >= 11 is 0. The number of hydrogen-bond donors (Lipinski definition) is 0. The Morgan fingerprint density at radius 3 is 2.72 bits per heavy atom. The third kappa shape index (κ3) is 2.51. The third-order valence-corrected chi connectivity index (χ3v) is 7.86. The van der Waals surface area contributed by atoms with E-state index in [2.05, 4.69) is 10.0 Å². The molecule has 4 rings (SSSR count). The molecule has 1 fully saturated rings. The molecule has 0 radical (unpaired) electrons. The molecule has 2 aromatic rings. The average molecular weight is 357 g/mol. The van der Waals surface area contributed by atoms with Crippen LogP contribution in [-0.4, -0.2) is 20.2 Å². The van der Waals surface area contributed by atoms with Gasteiger partial charge in [-0.25, -0.2) is 12.8 Å². The zero-order valence-electron chi connectivity index (χ0n) is 13.3. The van der Waals surface area contributed by atoms with Crippen molar-refractivity contribution in [3.8, 4) is 0 Å². The van der Waals surface area contributed by atoms with Crippen molar-refractivity contribution in [3.05, 3.63) is 81.0 Å². The molecule has 1 aliphatic heterocycles. The lowest BCUT2D eigenvalue weighted by molar-refractivity contribution is 0.580. The van der Waals surface area contributed by atoms with Gasteiger partial charge in [0.15, 0.2) is 9.84 Å². The van der Waals surface area contributed by atoms with E-state index in [0.717, 1.165) is 16.7 Å². The van der Waals surface area contributed by atoms with E-state index in [1.54, 1.807) is 6.07 Å². The van der Waals surface area contributed by atoms with Crippen molar-refractivity contribution in [3.63, 3.8) is 0 Å². The maximum absolute atomic E-state index is 13.9. The first-order valence-corrected chi connectivity index (χ1v) is 9.73. The molecule has 0 bridgehead atoms. The van der Waals surface area contributed by atoms with Gasteiger partial charge in [0.1, 0.15) is 5.82 Å². The van der Waals surface area contributed by atoms with Gasteiger partial charge in [-0.1, -0.05) is 35.4 Å². The van der Waals surface area contributed by atoms with Crippen LogP contribution in [0.5, 0.6) is 0 Å². The summed E-state index contributed by atoms with van der Waals surface area (Å²) in [7, 11) is -3.59. The highest BCUT2D eigenvalue weighted by Gasteiger charge is 2.50. The summed E-state index contributed by atoms with van der Waals surface area (Å²) in [6.07, 6.45) is 0.980. The molecule has 3 atom stereocenters. The molecule has 7 heteroatoms. The van der Waals surface area contributed by atoms with Crippen LogP contribution in [0.1, 0.15) is 39.8 Å². The second-order valence-electron chi connectivity index (χ2n) is 6.61. The summed E-state index contributed by atoms with van der Waals surface area (Å²) in [4.78, 5) is 2.70. The lowest BCUT2D eigenvalue weighted by Crippen LogP contribution is -2.21. The molecular formula is C18H16FN3O2S. The number of hydrogen-bond acceptors (Lipinski definition) is 3. The first-order valence-electron chi connectivity index (χ1n) is 8.12. The average Bonchev–Trinajstić information content (AvgIpc) is 2.76. The summed E-state index contributed by atoms with van der Waals surface area (Å²) in [5.41, 5.74) is 12.0. The minimum atomic E-state index is -3.59. The van der Waals surface area contributed by atoms with Crippen LogP contribution < -0.4 is 0 Å². The van der Waals surface area contributed by atoms with Crippen LogP contribution >= 0.6 is 0 Å². The molecule has 0 unspecified atom stereocenters. The molecule has 5 nitrogen and oxygen atoms in total. The van der Waals surface area contributed by atoms with E-state index in [0.29, 0.717) is 18.4 Å². The van der Waals surface area contributed by atoms with Gasteiger partial charge in [-0.3, -0.25) is 0 Å². The number of sulfone groups is 1. The van der Waals surface area contributed by atoms with Crippen molar-refractivity contribution >= 4 is 9.84 Å². The van der Waals surface area contributed by atoms with Crippen LogP contribution in [0.2, 0.25) is 0 Å². The minimum Gasteiger partial charge on any atom is -0.228 e. The Kier molecular flexibility index (Phi) is 3.78. The van der Waals surface area contributed by atoms with Gasteiger partial charge in [0, 0.05) is 17.4 Å². The van der Waals surface area contributed by atoms with Gasteiger partial charge in [-0.2, -0.15) is 0 Å². The molecule has 2 aromatic carbocycles. The van der Waals surface area contributed by atoms with Gasteiger partial charge in [0.2, 0.25) is 0 Å². The van der Waals surface area contributed by atoms with Crippen LogP contribution in [0.25, 0.3) is 10.4 Å². The number of azide groups is 1. The quantitative estimate of drug-likeness (QED) is 0.461. The predicted molar refractivity (Wildman–Crippen MR) is 92.5 cm³/mol. The van der Waals surface area contributed by atoms with Gasteiger partial charge in [-0.15, -0.1) is 0 Å². The first-order chi connectivity index (χ1) is 12.0. The fraction of sp³-hybridized carbons (Fsp3) is 0.333. The van der Waals surface area contributed by atoms with E-state index in [1.807, 2.05) is 24.3 Å². The van der Waals surface area contributed by atoms with E-state index in [1.165, 1.54) is 12.1 Å². The van der Waals surface area contributed by atoms with Crippen molar-refractivity contribution in [1.82, 2.24) is 0 Å². The Morgan fingerprint density at radius 1 is 1.16 bits per heavy atom. The van der Waals surface area contributed by atoms with Gasteiger partial charge in [0.25, 0.3) is 0 Å². The molecule has 128 valence electrons. The van der Waals surface area contributed by atoms with E-state index in [4.69, 9.17) is 5.53 Å². The molecule has 1 saturated heterocycles. The summed E-state index contributed by atoms with van der Waals surface area (Å²) in [5, 5.41) is 1.96. The second kappa shape index (κ2) is 5.86. The predicted octanol–water partition coefficient (Wildman–Crippen LogP) is 4.05. The second-order valence-corrected chi connectivity index (χ2v) is 8.96. The Balaban J connectivity index is 1.95. The Morgan fingerprint density at radius 2 is 1.92 bits per heavy atom. The van der Waals surface area contributed by atoms with Crippen LogP contribution in [0.3, 0.4) is 0 Å². The highest BCUT2D eigenvalue weighted by atomic mass is 32.2. The smallest absolute Gasteiger partial charge is 0.160 e. The fourth-order valence-electron chi connectivity index (χ4n) is 4.22. The highest BCUT2D eigenvalue weighted by Crippen LogP contribution is 2.53. The largest absolute Gasteiger partial charge is 0.228 e. The maximum atomic E-state index is 13.9. The summed E-state index contributed by atoms with van der Waals surface area (Å²) in [6.45, 7) is -0.0847. The minimum absolute atomic E-state index is 0.0847. The van der Waals surface area contributed by atoms with Gasteiger partial charge >= 0.3 is 0 Å². The topological polar surface area (TPSA) is 82.9 Å². The normalized spacial score (nSPS) is 25.9. The van der Waals surface area contributed by atoms with Crippen LogP contribution in [0, 0.1) is 5.82 Å². The summed E-state index contributed by atoms with van der Waals surface area (Å²) < 4.78 is 40.2. The van der Waals surface area contributed by atoms with Gasteiger partial charge < -0.3 is 0 Å². The lowest BCUT2D eigenvalue weighted by Gasteiger charge is -2.19. The SMILES string of the molecule is [N-]=[N+]=NC[C@H]1C[C@@H]2c3ccccc3Cc3ccc(F)cc3[C@H]2S1(=O)=O. The monoisotopic (exact) mass is 357 g/mol. The van der Waals surface area contributed by atoms with Crippen molar-refractivity contribution in [2.45, 2.75) is 29.3 Å². The van der Waals surface area contributed by atoms with E-state index in [9.17, 15) is 12.8 Å². The highest BCUT2D eigenvalue weighted by molar-refractivity contribution is 7.92. The van der Waals surface area contributed by atoms with Gasteiger partial charge in [-0.05, 0) is 52.8 Å². The van der Waals surface area contributed by atoms with Crippen molar-refractivity contribution < 1.29 is 12.8 Å². The van der Waals surface area contributed by atoms with E-state index in [-0.39, 0.29) is 12.5 Å². The first kappa shape index (κ1) is 16.1. The summed E-state index contributed by atoms with van der Waals surface area (Å²) in [5.74, 6) is -0.680. The molecule has 2 aliphatic rings. The zero-order valence-corrected chi connectivity index (χ0v) is 14.2. The third-order valence-electron chi connectivity index (χ3n) is 5.30. The molecule has 0 amide bonds. The number of halogens is 1. The van der Waals surface area contributed by atoms with Crippen molar-refractivity contribution in [2.24, 2.45) is 5.11 Å². The molecule has 0 aromatic heterocycles. The molecule has 0 saturated carbocycles. The molecule has 0 spiro atoms. The Bertz CT molecular complexity index is 999. The maximum Gasteiger partial charge on any atom is 0.160 e. The number of benzene rings is 2. The summed E-state index contributed by atoms with van der Waals surface area (Å²) in [6, 6.07) is 12.2. The molecular weight excluding hydrogens is 341 g/mol. The zero-order chi connectivity index (χ0) is 17.6. The van der Waals surface area contributed by atoms with Crippen LogP contribution in [-0.2, 0) is 16.3 Å². The fourth-order valence-corrected chi connectivity index (χ4v) is 6.67. The molecule has 25 heavy (non-hydrogen) atoms. The molecule has 0 N–H and O–H groups in total. The number of nitrogens with zero attached hydrogens (tertiary/aromatic N) is 3. The standard InChI is InChI=1S/C18H16FN3O2S/c19-13-6-5-12-7-11-3-1-2-4-15(11)17-9-14(10-21-22-20)25(23,24)18(17)16(12)8-13/h1-6,8,14,17-18H,7,9-10H2/t14-,17-,18-/m1/s1. The van der Waals surface area contributed by atoms with E-state index >= 15 is 0 Å². The van der Waals surface area contributed by atoms with E-state index < -0.39 is 26.2 Å². The van der Waals surface area contributed by atoms with Crippen molar-refractivity contribution in [2.75, 3.05) is 6.54 Å². The van der Waals surface area contributed by atoms with Crippen molar-refractivity contribution in [1.29, 1.82) is 0 Å². The lowest BCUT2D eigenvalue weighted by atomic mass is 9.87. The van der Waals surface area contributed by atoms with Crippen LogP contribution in [0.15, 0.2) is 47.6 Å². The molecule has 1 aliphatic carbocycles.